The second-order valence-corrected chi connectivity index (χ2v) is 4.04. The average molecular weight is 220 g/mol. The van der Waals surface area contributed by atoms with Gasteiger partial charge in [0, 0.05) is 19.3 Å². The standard InChI is InChI=1S/C12H16N2O2/c1-9-7-11(14-5-3-4-6-14)13-8-10(9)12(15)16-2/h7-8H,3-6H2,1-2H3. The van der Waals surface area contributed by atoms with Crippen molar-refractivity contribution in [1.82, 2.24) is 4.98 Å². The van der Waals surface area contributed by atoms with E-state index in [1.165, 1.54) is 20.0 Å². The van der Waals surface area contributed by atoms with Crippen LogP contribution in [0.15, 0.2) is 12.3 Å². The summed E-state index contributed by atoms with van der Waals surface area (Å²) < 4.78 is 4.69. The van der Waals surface area contributed by atoms with Crippen molar-refractivity contribution in [2.45, 2.75) is 19.8 Å². The van der Waals surface area contributed by atoms with Crippen molar-refractivity contribution in [2.24, 2.45) is 0 Å². The summed E-state index contributed by atoms with van der Waals surface area (Å²) in [4.78, 5) is 18.0. The third-order valence-corrected chi connectivity index (χ3v) is 2.93. The maximum Gasteiger partial charge on any atom is 0.339 e. The topological polar surface area (TPSA) is 42.4 Å². The molecule has 16 heavy (non-hydrogen) atoms. The molecule has 86 valence electrons. The van der Waals surface area contributed by atoms with E-state index in [9.17, 15) is 4.79 Å². The first-order valence-corrected chi connectivity index (χ1v) is 5.52. The molecule has 0 saturated carbocycles. The number of aromatic nitrogens is 1. The van der Waals surface area contributed by atoms with Crippen LogP contribution in [0.25, 0.3) is 0 Å². The zero-order valence-electron chi connectivity index (χ0n) is 9.69. The van der Waals surface area contributed by atoms with Gasteiger partial charge in [0.05, 0.1) is 12.7 Å². The van der Waals surface area contributed by atoms with Gasteiger partial charge in [0.1, 0.15) is 5.82 Å². The van der Waals surface area contributed by atoms with E-state index in [1.807, 2.05) is 13.0 Å². The predicted molar refractivity (Wildman–Crippen MR) is 61.8 cm³/mol. The molecule has 0 bridgehead atoms. The van der Waals surface area contributed by atoms with Gasteiger partial charge in [-0.05, 0) is 31.4 Å². The highest BCUT2D eigenvalue weighted by atomic mass is 16.5. The number of hydrogen-bond donors (Lipinski definition) is 0. The Morgan fingerprint density at radius 2 is 2.12 bits per heavy atom. The van der Waals surface area contributed by atoms with Crippen LogP contribution in [-0.4, -0.2) is 31.2 Å². The Bertz CT molecular complexity index is 398. The summed E-state index contributed by atoms with van der Waals surface area (Å²) in [5.74, 6) is 0.639. The lowest BCUT2D eigenvalue weighted by molar-refractivity contribution is 0.0599. The molecule has 1 fully saturated rings. The number of rotatable bonds is 2. The van der Waals surface area contributed by atoms with E-state index in [4.69, 9.17) is 0 Å². The van der Waals surface area contributed by atoms with Gasteiger partial charge in [-0.1, -0.05) is 0 Å². The van der Waals surface area contributed by atoms with Crippen LogP contribution in [0.3, 0.4) is 0 Å². The van der Waals surface area contributed by atoms with Crippen LogP contribution in [0.4, 0.5) is 5.82 Å². The van der Waals surface area contributed by atoms with Crippen molar-refractivity contribution in [3.63, 3.8) is 0 Å². The van der Waals surface area contributed by atoms with Gasteiger partial charge in [0.2, 0.25) is 0 Å². The molecule has 1 aromatic heterocycles. The molecule has 1 saturated heterocycles. The Morgan fingerprint density at radius 3 is 2.69 bits per heavy atom. The minimum absolute atomic E-state index is 0.321. The van der Waals surface area contributed by atoms with Crippen LogP contribution < -0.4 is 4.90 Å². The van der Waals surface area contributed by atoms with E-state index in [1.54, 1.807) is 6.20 Å². The van der Waals surface area contributed by atoms with Crippen molar-refractivity contribution >= 4 is 11.8 Å². The Morgan fingerprint density at radius 1 is 1.44 bits per heavy atom. The fraction of sp³-hybridized carbons (Fsp3) is 0.500. The summed E-state index contributed by atoms with van der Waals surface area (Å²) in [7, 11) is 1.39. The summed E-state index contributed by atoms with van der Waals surface area (Å²) in [5.41, 5.74) is 1.47. The number of carbonyl (C=O) groups excluding carboxylic acids is 1. The molecule has 0 aliphatic carbocycles. The molecule has 0 unspecified atom stereocenters. The number of anilines is 1. The second-order valence-electron chi connectivity index (χ2n) is 4.04. The maximum atomic E-state index is 11.4. The van der Waals surface area contributed by atoms with Gasteiger partial charge in [0.15, 0.2) is 0 Å². The van der Waals surface area contributed by atoms with Gasteiger partial charge in [-0.3, -0.25) is 0 Å². The molecule has 1 aliphatic heterocycles. The van der Waals surface area contributed by atoms with E-state index in [2.05, 4.69) is 14.6 Å². The van der Waals surface area contributed by atoms with Crippen LogP contribution in [0.5, 0.6) is 0 Å². The number of carbonyl (C=O) groups is 1. The molecule has 0 aromatic carbocycles. The zero-order valence-corrected chi connectivity index (χ0v) is 9.69. The largest absolute Gasteiger partial charge is 0.465 e. The third kappa shape index (κ3) is 2.01. The monoisotopic (exact) mass is 220 g/mol. The summed E-state index contributed by atoms with van der Waals surface area (Å²) >= 11 is 0. The van der Waals surface area contributed by atoms with Gasteiger partial charge in [0.25, 0.3) is 0 Å². The number of aryl methyl sites for hydroxylation is 1. The fourth-order valence-corrected chi connectivity index (χ4v) is 1.98. The zero-order chi connectivity index (χ0) is 11.5. The first-order chi connectivity index (χ1) is 7.72. The number of hydrogen-bond acceptors (Lipinski definition) is 4. The lowest BCUT2D eigenvalue weighted by Gasteiger charge is -2.17. The van der Waals surface area contributed by atoms with Gasteiger partial charge in [-0.25, -0.2) is 9.78 Å². The summed E-state index contributed by atoms with van der Waals surface area (Å²) in [6, 6.07) is 1.96. The minimum atomic E-state index is -0.321. The summed E-state index contributed by atoms with van der Waals surface area (Å²) in [5, 5.41) is 0. The SMILES string of the molecule is COC(=O)c1cnc(N2CCCC2)cc1C. The maximum absolute atomic E-state index is 11.4. The van der Waals surface area contributed by atoms with Crippen LogP contribution in [-0.2, 0) is 4.74 Å². The summed E-state index contributed by atoms with van der Waals surface area (Å²) in [6.45, 7) is 4.03. The Hall–Kier alpha value is -1.58. The van der Waals surface area contributed by atoms with E-state index < -0.39 is 0 Å². The molecule has 0 N–H and O–H groups in total. The Labute approximate surface area is 95.2 Å². The highest BCUT2D eigenvalue weighted by molar-refractivity contribution is 5.90. The highest BCUT2D eigenvalue weighted by Crippen LogP contribution is 2.20. The molecular formula is C12H16N2O2. The third-order valence-electron chi connectivity index (χ3n) is 2.93. The molecule has 0 amide bonds. The molecule has 0 spiro atoms. The second kappa shape index (κ2) is 4.51. The molecule has 4 heteroatoms. The van der Waals surface area contributed by atoms with E-state index >= 15 is 0 Å². The van der Waals surface area contributed by atoms with Crippen molar-refractivity contribution < 1.29 is 9.53 Å². The van der Waals surface area contributed by atoms with Crippen molar-refractivity contribution in [3.05, 3.63) is 23.4 Å². The molecule has 0 radical (unpaired) electrons. The lowest BCUT2D eigenvalue weighted by atomic mass is 10.1. The van der Waals surface area contributed by atoms with Gasteiger partial charge >= 0.3 is 5.97 Å². The van der Waals surface area contributed by atoms with Gasteiger partial charge < -0.3 is 9.64 Å². The van der Waals surface area contributed by atoms with Gasteiger partial charge in [-0.15, -0.1) is 0 Å². The molecule has 1 aliphatic rings. The predicted octanol–water partition coefficient (Wildman–Crippen LogP) is 1.78. The quantitative estimate of drug-likeness (QED) is 0.712. The number of nitrogens with zero attached hydrogens (tertiary/aromatic N) is 2. The Balaban J connectivity index is 2.25. The van der Waals surface area contributed by atoms with Crippen LogP contribution in [0.2, 0.25) is 0 Å². The van der Waals surface area contributed by atoms with Crippen LogP contribution in [0.1, 0.15) is 28.8 Å². The van der Waals surface area contributed by atoms with Crippen LogP contribution in [0, 0.1) is 6.92 Å². The molecule has 2 rings (SSSR count). The molecule has 2 heterocycles. The van der Waals surface area contributed by atoms with E-state index in [0.717, 1.165) is 24.5 Å². The molecule has 1 aromatic rings. The molecule has 0 atom stereocenters. The van der Waals surface area contributed by atoms with Gasteiger partial charge in [-0.2, -0.15) is 0 Å². The van der Waals surface area contributed by atoms with E-state index in [-0.39, 0.29) is 5.97 Å². The first-order valence-electron chi connectivity index (χ1n) is 5.52. The molecule has 4 nitrogen and oxygen atoms in total. The fourth-order valence-electron chi connectivity index (χ4n) is 1.98. The van der Waals surface area contributed by atoms with Crippen molar-refractivity contribution in [2.75, 3.05) is 25.1 Å². The number of pyridine rings is 1. The normalized spacial score (nSPS) is 15.2. The first kappa shape index (κ1) is 10.9. The molecular weight excluding hydrogens is 204 g/mol. The number of esters is 1. The summed E-state index contributed by atoms with van der Waals surface area (Å²) in [6.07, 6.45) is 4.05. The lowest BCUT2D eigenvalue weighted by Crippen LogP contribution is -2.19. The van der Waals surface area contributed by atoms with E-state index in [0.29, 0.717) is 5.56 Å². The van der Waals surface area contributed by atoms with Crippen molar-refractivity contribution in [3.8, 4) is 0 Å². The Kier molecular flexibility index (Phi) is 3.08. The highest BCUT2D eigenvalue weighted by Gasteiger charge is 2.16. The van der Waals surface area contributed by atoms with Crippen LogP contribution >= 0.6 is 0 Å². The number of methoxy groups -OCH3 is 1. The smallest absolute Gasteiger partial charge is 0.339 e. The number of ether oxygens (including phenoxy) is 1. The average Bonchev–Trinajstić information content (AvgIpc) is 2.81. The van der Waals surface area contributed by atoms with Crippen molar-refractivity contribution in [1.29, 1.82) is 0 Å². The minimum Gasteiger partial charge on any atom is -0.465 e.